The maximum atomic E-state index is 12.2. The molecule has 1 rings (SSSR count). The lowest BCUT2D eigenvalue weighted by molar-refractivity contribution is -0.384. The number of halogens is 3. The van der Waals surface area contributed by atoms with Crippen LogP contribution in [-0.4, -0.2) is 35.0 Å². The summed E-state index contributed by atoms with van der Waals surface area (Å²) in [4.78, 5) is 10.1. The number of hydrogen-bond acceptors (Lipinski definition) is 5. The molecule has 0 amide bonds. The fourth-order valence-electron chi connectivity index (χ4n) is 1.46. The van der Waals surface area contributed by atoms with Gasteiger partial charge in [-0.2, -0.15) is 13.2 Å². The summed E-state index contributed by atoms with van der Waals surface area (Å²) in [6, 6.07) is 3.57. The van der Waals surface area contributed by atoms with Gasteiger partial charge >= 0.3 is 6.18 Å². The molecular weight excluding hydrogens is 293 g/mol. The van der Waals surface area contributed by atoms with Gasteiger partial charge < -0.3 is 15.2 Å². The maximum absolute atomic E-state index is 12.2. The van der Waals surface area contributed by atoms with Crippen molar-refractivity contribution < 1.29 is 27.9 Å². The van der Waals surface area contributed by atoms with Crippen LogP contribution in [0.15, 0.2) is 18.2 Å². The number of benzene rings is 1. The topological polar surface area (TPSA) is 84.6 Å². The zero-order chi connectivity index (χ0) is 16.2. The first-order valence-electron chi connectivity index (χ1n) is 6.04. The quantitative estimate of drug-likeness (QED) is 0.623. The second-order valence-electron chi connectivity index (χ2n) is 4.58. The molecule has 0 aromatic heterocycles. The number of anilines is 1. The van der Waals surface area contributed by atoms with Crippen molar-refractivity contribution >= 4 is 11.4 Å². The molecule has 1 aromatic carbocycles. The Morgan fingerprint density at radius 2 is 2.00 bits per heavy atom. The summed E-state index contributed by atoms with van der Waals surface area (Å²) in [5.74, 6) is 0.156. The Balaban J connectivity index is 2.90. The number of nitrogens with zero attached hydrogens (tertiary/aromatic N) is 1. The highest BCUT2D eigenvalue weighted by Crippen LogP contribution is 2.27. The molecule has 0 saturated carbocycles. The van der Waals surface area contributed by atoms with Crippen LogP contribution in [0.1, 0.15) is 13.8 Å². The van der Waals surface area contributed by atoms with Crippen LogP contribution in [-0.2, 0) is 0 Å². The summed E-state index contributed by atoms with van der Waals surface area (Å²) in [5.41, 5.74) is -0.264. The highest BCUT2D eigenvalue weighted by molar-refractivity contribution is 5.56. The first-order chi connectivity index (χ1) is 9.59. The van der Waals surface area contributed by atoms with Crippen LogP contribution in [0.5, 0.6) is 5.75 Å². The molecule has 0 spiro atoms. The third-order valence-corrected chi connectivity index (χ3v) is 2.35. The predicted molar refractivity (Wildman–Crippen MR) is 69.4 cm³/mol. The summed E-state index contributed by atoms with van der Waals surface area (Å²) >= 11 is 0. The van der Waals surface area contributed by atoms with Crippen molar-refractivity contribution in [1.29, 1.82) is 0 Å². The van der Waals surface area contributed by atoms with Gasteiger partial charge in [-0.3, -0.25) is 10.1 Å². The van der Waals surface area contributed by atoms with Crippen LogP contribution in [0.25, 0.3) is 0 Å². The maximum Gasteiger partial charge on any atom is 0.416 e. The number of non-ortho nitro benzene ring substituents is 1. The Hall–Kier alpha value is -2.03. The van der Waals surface area contributed by atoms with Gasteiger partial charge in [0.25, 0.3) is 5.69 Å². The molecule has 1 aromatic rings. The monoisotopic (exact) mass is 308 g/mol. The lowest BCUT2D eigenvalue weighted by Gasteiger charge is -2.16. The minimum atomic E-state index is -4.76. The number of rotatable bonds is 6. The van der Waals surface area contributed by atoms with Crippen molar-refractivity contribution in [1.82, 2.24) is 0 Å². The number of aliphatic hydroxyl groups is 1. The molecule has 0 fully saturated rings. The highest BCUT2D eigenvalue weighted by atomic mass is 19.4. The van der Waals surface area contributed by atoms with Crippen LogP contribution < -0.4 is 10.1 Å². The van der Waals surface area contributed by atoms with E-state index in [2.05, 4.69) is 5.32 Å². The molecule has 0 saturated heterocycles. The van der Waals surface area contributed by atoms with Crippen molar-refractivity contribution in [3.8, 4) is 5.75 Å². The number of alkyl halides is 3. The number of nitrogens with one attached hydrogen (secondary N) is 1. The number of nitro groups is 1. The minimum Gasteiger partial charge on any atom is -0.491 e. The molecule has 1 unspecified atom stereocenters. The molecular formula is C12H15F3N2O4. The fraction of sp³-hybridized carbons (Fsp3) is 0.500. The van der Waals surface area contributed by atoms with Crippen LogP contribution in [0, 0.1) is 10.1 Å². The van der Waals surface area contributed by atoms with Gasteiger partial charge in [-0.15, -0.1) is 0 Å². The van der Waals surface area contributed by atoms with E-state index in [1.165, 1.54) is 12.1 Å². The summed E-state index contributed by atoms with van der Waals surface area (Å²) in [5, 5.41) is 22.0. The van der Waals surface area contributed by atoms with Crippen molar-refractivity contribution in [3.05, 3.63) is 28.3 Å². The van der Waals surface area contributed by atoms with Gasteiger partial charge in [0.1, 0.15) is 5.75 Å². The molecule has 0 aliphatic rings. The van der Waals surface area contributed by atoms with Crippen LogP contribution in [0.3, 0.4) is 0 Å². The molecule has 21 heavy (non-hydrogen) atoms. The van der Waals surface area contributed by atoms with Crippen molar-refractivity contribution in [3.63, 3.8) is 0 Å². The molecule has 9 heteroatoms. The zero-order valence-corrected chi connectivity index (χ0v) is 11.3. The van der Waals surface area contributed by atoms with Crippen molar-refractivity contribution in [2.45, 2.75) is 32.2 Å². The third kappa shape index (κ3) is 5.46. The number of ether oxygens (including phenoxy) is 1. The Morgan fingerprint density at radius 1 is 1.38 bits per heavy atom. The standard InChI is InChI=1S/C12H15F3N2O4/c1-7(2)21-10-4-8(3-9(5-10)17(19)20)16-6-11(18)12(13,14)15/h3-5,7,11,16,18H,6H2,1-2H3. The van der Waals surface area contributed by atoms with E-state index in [4.69, 9.17) is 9.84 Å². The Morgan fingerprint density at radius 3 is 2.48 bits per heavy atom. The summed E-state index contributed by atoms with van der Waals surface area (Å²) in [6.45, 7) is 2.60. The van der Waals surface area contributed by atoms with Gasteiger partial charge in [-0.25, -0.2) is 0 Å². The normalized spacial score (nSPS) is 13.1. The van der Waals surface area contributed by atoms with Crippen molar-refractivity contribution in [2.75, 3.05) is 11.9 Å². The number of aliphatic hydroxyl groups excluding tert-OH is 1. The van der Waals surface area contributed by atoms with Crippen LogP contribution in [0.4, 0.5) is 24.5 Å². The van der Waals surface area contributed by atoms with Crippen molar-refractivity contribution in [2.24, 2.45) is 0 Å². The molecule has 0 heterocycles. The van der Waals surface area contributed by atoms with E-state index >= 15 is 0 Å². The average molecular weight is 308 g/mol. The highest BCUT2D eigenvalue weighted by Gasteiger charge is 2.37. The molecule has 0 aliphatic heterocycles. The van der Waals surface area contributed by atoms with Gasteiger partial charge in [0.15, 0.2) is 6.10 Å². The lowest BCUT2D eigenvalue weighted by Crippen LogP contribution is -2.35. The summed E-state index contributed by atoms with van der Waals surface area (Å²) in [7, 11) is 0. The van der Waals surface area contributed by atoms with E-state index < -0.39 is 23.7 Å². The first kappa shape index (κ1) is 17.0. The van der Waals surface area contributed by atoms with Gasteiger partial charge in [-0.05, 0) is 13.8 Å². The summed E-state index contributed by atoms with van der Waals surface area (Å²) in [6.07, 6.45) is -7.57. The smallest absolute Gasteiger partial charge is 0.416 e. The Bertz CT molecular complexity index is 506. The molecule has 6 nitrogen and oxygen atoms in total. The average Bonchev–Trinajstić information content (AvgIpc) is 2.33. The molecule has 0 aliphatic carbocycles. The van der Waals surface area contributed by atoms with E-state index in [9.17, 15) is 23.3 Å². The summed E-state index contributed by atoms with van der Waals surface area (Å²) < 4.78 is 41.9. The molecule has 1 atom stereocenters. The number of hydrogen-bond donors (Lipinski definition) is 2. The Labute approximate surface area is 118 Å². The van der Waals surface area contributed by atoms with E-state index in [1.807, 2.05) is 0 Å². The zero-order valence-electron chi connectivity index (χ0n) is 11.3. The molecule has 0 radical (unpaired) electrons. The van der Waals surface area contributed by atoms with E-state index in [-0.39, 0.29) is 23.2 Å². The van der Waals surface area contributed by atoms with E-state index in [0.29, 0.717) is 0 Å². The SMILES string of the molecule is CC(C)Oc1cc(NCC(O)C(F)(F)F)cc([N+](=O)[O-])c1. The minimum absolute atomic E-state index is 0.0585. The van der Waals surface area contributed by atoms with Gasteiger partial charge in [0.05, 0.1) is 17.1 Å². The number of nitro benzene ring substituents is 1. The van der Waals surface area contributed by atoms with Crippen LogP contribution >= 0.6 is 0 Å². The third-order valence-electron chi connectivity index (χ3n) is 2.35. The second kappa shape index (κ2) is 6.61. The van der Waals surface area contributed by atoms with E-state index in [0.717, 1.165) is 6.07 Å². The predicted octanol–water partition coefficient (Wildman–Crippen LogP) is 2.72. The fourth-order valence-corrected chi connectivity index (χ4v) is 1.46. The van der Waals surface area contributed by atoms with Gasteiger partial charge in [-0.1, -0.05) is 0 Å². The van der Waals surface area contributed by atoms with Crippen LogP contribution in [0.2, 0.25) is 0 Å². The van der Waals surface area contributed by atoms with Gasteiger partial charge in [0, 0.05) is 24.4 Å². The Kier molecular flexibility index (Phi) is 5.36. The van der Waals surface area contributed by atoms with Gasteiger partial charge in [0.2, 0.25) is 0 Å². The molecule has 0 bridgehead atoms. The first-order valence-corrected chi connectivity index (χ1v) is 6.04. The largest absolute Gasteiger partial charge is 0.491 e. The van der Waals surface area contributed by atoms with E-state index in [1.54, 1.807) is 13.8 Å². The molecule has 2 N–H and O–H groups in total. The second-order valence-corrected chi connectivity index (χ2v) is 4.58. The lowest BCUT2D eigenvalue weighted by atomic mass is 10.2. The molecule has 118 valence electrons.